The number of ether oxygens (including phenoxy) is 1. The van der Waals surface area contributed by atoms with Gasteiger partial charge in [0, 0.05) is 18.1 Å². The summed E-state index contributed by atoms with van der Waals surface area (Å²) in [6, 6.07) is 18.0. The van der Waals surface area contributed by atoms with Crippen molar-refractivity contribution in [2.24, 2.45) is 0 Å². The van der Waals surface area contributed by atoms with E-state index in [9.17, 15) is 10.1 Å². The zero-order valence-corrected chi connectivity index (χ0v) is 17.8. The van der Waals surface area contributed by atoms with Gasteiger partial charge in [-0.2, -0.15) is 5.26 Å². The molecule has 0 saturated heterocycles. The van der Waals surface area contributed by atoms with E-state index in [1.165, 1.54) is 0 Å². The highest BCUT2D eigenvalue weighted by Crippen LogP contribution is 2.32. The number of fused-ring (bicyclic) bond motifs is 1. The molecule has 0 aliphatic rings. The number of rotatable bonds is 6. The molecule has 158 valence electrons. The number of aromatic nitrogens is 2. The Kier molecular flexibility index (Phi) is 6.15. The highest BCUT2D eigenvalue weighted by Gasteiger charge is 2.14. The fourth-order valence-corrected chi connectivity index (χ4v) is 3.52. The molecule has 0 radical (unpaired) electrons. The van der Waals surface area contributed by atoms with Crippen LogP contribution in [-0.2, 0) is 6.54 Å². The van der Waals surface area contributed by atoms with Gasteiger partial charge in [-0.05, 0) is 48.0 Å². The first-order chi connectivity index (χ1) is 15.6. The number of benzene rings is 2. The summed E-state index contributed by atoms with van der Waals surface area (Å²) in [6.45, 7) is 0.423. The molecule has 2 aromatic carbocycles. The second-order valence-electron chi connectivity index (χ2n) is 6.88. The van der Waals surface area contributed by atoms with Gasteiger partial charge in [0.15, 0.2) is 0 Å². The third-order valence-electron chi connectivity index (χ3n) is 4.83. The van der Waals surface area contributed by atoms with Gasteiger partial charge in [0.1, 0.15) is 11.4 Å². The summed E-state index contributed by atoms with van der Waals surface area (Å²) in [5.41, 5.74) is 3.50. The Hall–Kier alpha value is -4.15. The van der Waals surface area contributed by atoms with Crippen LogP contribution in [0.3, 0.4) is 0 Å². The molecular weight excluding hydrogens is 426 g/mol. The van der Waals surface area contributed by atoms with E-state index < -0.39 is 0 Å². The van der Waals surface area contributed by atoms with E-state index in [4.69, 9.17) is 16.3 Å². The summed E-state index contributed by atoms with van der Waals surface area (Å²) in [6.07, 6.45) is 3.14. The van der Waals surface area contributed by atoms with Crippen molar-refractivity contribution in [3.05, 3.63) is 88.8 Å². The van der Waals surface area contributed by atoms with Crippen molar-refractivity contribution in [1.82, 2.24) is 9.97 Å². The number of nitrogens with zero attached hydrogens (tertiary/aromatic N) is 3. The lowest BCUT2D eigenvalue weighted by atomic mass is 10.1. The molecule has 32 heavy (non-hydrogen) atoms. The predicted molar refractivity (Wildman–Crippen MR) is 124 cm³/mol. The highest BCUT2D eigenvalue weighted by molar-refractivity contribution is 6.32. The van der Waals surface area contributed by atoms with Crippen molar-refractivity contribution < 1.29 is 9.53 Å². The molecule has 0 aliphatic carbocycles. The van der Waals surface area contributed by atoms with Crippen LogP contribution in [0.5, 0.6) is 5.75 Å². The van der Waals surface area contributed by atoms with Crippen LogP contribution < -0.4 is 15.4 Å². The molecular formula is C24H18ClN5O2. The lowest BCUT2D eigenvalue weighted by Crippen LogP contribution is -2.15. The number of hydrogen-bond donors (Lipinski definition) is 2. The van der Waals surface area contributed by atoms with Crippen molar-refractivity contribution >= 4 is 39.8 Å². The van der Waals surface area contributed by atoms with Crippen LogP contribution in [0.25, 0.3) is 10.9 Å². The van der Waals surface area contributed by atoms with Gasteiger partial charge in [-0.15, -0.1) is 0 Å². The molecule has 0 bridgehead atoms. The third kappa shape index (κ3) is 4.46. The van der Waals surface area contributed by atoms with Crippen LogP contribution in [0.15, 0.2) is 67.0 Å². The molecule has 0 fully saturated rings. The molecule has 2 heterocycles. The van der Waals surface area contributed by atoms with E-state index in [1.54, 1.807) is 62.0 Å². The maximum absolute atomic E-state index is 12.7. The smallest absolute Gasteiger partial charge is 0.274 e. The molecule has 7 nitrogen and oxygen atoms in total. The zero-order chi connectivity index (χ0) is 22.5. The van der Waals surface area contributed by atoms with E-state index in [-0.39, 0.29) is 11.6 Å². The topological polar surface area (TPSA) is 99.9 Å². The molecule has 0 aliphatic heterocycles. The number of methoxy groups -OCH3 is 1. The Morgan fingerprint density at radius 3 is 2.75 bits per heavy atom. The van der Waals surface area contributed by atoms with E-state index in [1.807, 2.05) is 12.1 Å². The van der Waals surface area contributed by atoms with E-state index >= 15 is 0 Å². The van der Waals surface area contributed by atoms with Crippen LogP contribution in [0.2, 0.25) is 5.02 Å². The van der Waals surface area contributed by atoms with E-state index in [0.717, 1.165) is 5.56 Å². The SMILES string of the molecule is COc1ccc(CNc2c(NC(=O)c3ccccn3)cnc3ccc(C#N)cc23)cc1Cl. The first-order valence-electron chi connectivity index (χ1n) is 9.70. The fraction of sp³-hybridized carbons (Fsp3) is 0.0833. The van der Waals surface area contributed by atoms with Gasteiger partial charge in [0.2, 0.25) is 0 Å². The molecule has 8 heteroatoms. The van der Waals surface area contributed by atoms with Crippen molar-refractivity contribution in [3.8, 4) is 11.8 Å². The number of carbonyl (C=O) groups is 1. The quantitative estimate of drug-likeness (QED) is 0.433. The van der Waals surface area contributed by atoms with Crippen LogP contribution in [0.1, 0.15) is 21.6 Å². The minimum atomic E-state index is -0.362. The molecule has 4 rings (SSSR count). The third-order valence-corrected chi connectivity index (χ3v) is 5.12. The summed E-state index contributed by atoms with van der Waals surface area (Å²) in [7, 11) is 1.56. The largest absolute Gasteiger partial charge is 0.495 e. The van der Waals surface area contributed by atoms with Crippen LogP contribution in [0, 0.1) is 11.3 Å². The standard InChI is InChI=1S/C24H18ClN5O2/c1-32-22-8-6-16(11-18(22)25)13-29-23-17-10-15(12-26)5-7-19(17)28-14-21(23)30-24(31)20-4-2-3-9-27-20/h2-11,14H,13H2,1H3,(H,28,29)(H,30,31). The minimum Gasteiger partial charge on any atom is -0.495 e. The average molecular weight is 444 g/mol. The number of pyridine rings is 2. The maximum atomic E-state index is 12.7. The fourth-order valence-electron chi connectivity index (χ4n) is 3.24. The Morgan fingerprint density at radius 1 is 1.16 bits per heavy atom. The Bertz CT molecular complexity index is 1340. The number of hydrogen-bond acceptors (Lipinski definition) is 6. The molecule has 2 N–H and O–H groups in total. The van der Waals surface area contributed by atoms with Crippen molar-refractivity contribution in [2.45, 2.75) is 6.54 Å². The molecule has 0 unspecified atom stereocenters. The monoisotopic (exact) mass is 443 g/mol. The Labute approximate surface area is 189 Å². The van der Waals surface area contributed by atoms with Crippen LogP contribution in [0.4, 0.5) is 11.4 Å². The molecule has 2 aromatic heterocycles. The van der Waals surface area contributed by atoms with Crippen molar-refractivity contribution in [1.29, 1.82) is 5.26 Å². The Balaban J connectivity index is 1.71. The molecule has 0 atom stereocenters. The second kappa shape index (κ2) is 9.33. The number of halogens is 1. The molecule has 0 saturated carbocycles. The zero-order valence-electron chi connectivity index (χ0n) is 17.1. The predicted octanol–water partition coefficient (Wildman–Crippen LogP) is 5.03. The van der Waals surface area contributed by atoms with Gasteiger partial charge >= 0.3 is 0 Å². The molecule has 0 spiro atoms. The highest BCUT2D eigenvalue weighted by atomic mass is 35.5. The van der Waals surface area contributed by atoms with Gasteiger partial charge in [-0.1, -0.05) is 23.7 Å². The summed E-state index contributed by atoms with van der Waals surface area (Å²) >= 11 is 6.25. The average Bonchev–Trinajstić information content (AvgIpc) is 2.83. The van der Waals surface area contributed by atoms with Crippen molar-refractivity contribution in [2.75, 3.05) is 17.7 Å². The summed E-state index contributed by atoms with van der Waals surface area (Å²) in [5.74, 6) is 0.227. The number of amides is 1. The normalized spacial score (nSPS) is 10.4. The first kappa shape index (κ1) is 21.1. The first-order valence-corrected chi connectivity index (χ1v) is 10.1. The van der Waals surface area contributed by atoms with Gasteiger partial charge < -0.3 is 15.4 Å². The lowest BCUT2D eigenvalue weighted by Gasteiger charge is -2.16. The summed E-state index contributed by atoms with van der Waals surface area (Å²) in [5, 5.41) is 16.8. The summed E-state index contributed by atoms with van der Waals surface area (Å²) < 4.78 is 5.21. The van der Waals surface area contributed by atoms with Gasteiger partial charge in [0.05, 0.1) is 46.9 Å². The number of nitrogens with one attached hydrogen (secondary N) is 2. The number of nitriles is 1. The summed E-state index contributed by atoms with van der Waals surface area (Å²) in [4.78, 5) is 21.2. The molecule has 4 aromatic rings. The van der Waals surface area contributed by atoms with Crippen LogP contribution in [-0.4, -0.2) is 23.0 Å². The second-order valence-corrected chi connectivity index (χ2v) is 7.29. The van der Waals surface area contributed by atoms with Gasteiger partial charge in [0.25, 0.3) is 5.91 Å². The minimum absolute atomic E-state index is 0.284. The number of anilines is 2. The maximum Gasteiger partial charge on any atom is 0.274 e. The van der Waals surface area contributed by atoms with Gasteiger partial charge in [-0.3, -0.25) is 14.8 Å². The van der Waals surface area contributed by atoms with Gasteiger partial charge in [-0.25, -0.2) is 0 Å². The lowest BCUT2D eigenvalue weighted by molar-refractivity contribution is 0.102. The van der Waals surface area contributed by atoms with Crippen molar-refractivity contribution in [3.63, 3.8) is 0 Å². The molecule has 1 amide bonds. The van der Waals surface area contributed by atoms with E-state index in [2.05, 4.69) is 26.7 Å². The van der Waals surface area contributed by atoms with Crippen LogP contribution >= 0.6 is 11.6 Å². The van der Waals surface area contributed by atoms with E-state index in [0.29, 0.717) is 45.2 Å². The number of carbonyl (C=O) groups excluding carboxylic acids is 1. The Morgan fingerprint density at radius 2 is 2.03 bits per heavy atom.